The van der Waals surface area contributed by atoms with Crippen molar-refractivity contribution in [3.8, 4) is 0 Å². The number of benzene rings is 1. The monoisotopic (exact) mass is 346 g/mol. The van der Waals surface area contributed by atoms with Crippen LogP contribution in [0.4, 0.5) is 5.69 Å². The lowest BCUT2D eigenvalue weighted by Gasteiger charge is -2.17. The molecule has 1 atom stereocenters. The van der Waals surface area contributed by atoms with Crippen molar-refractivity contribution >= 4 is 28.9 Å². The van der Waals surface area contributed by atoms with E-state index in [-0.39, 0.29) is 17.2 Å². The van der Waals surface area contributed by atoms with Gasteiger partial charge in [0.2, 0.25) is 0 Å². The first-order valence-corrected chi connectivity index (χ1v) is 8.20. The van der Waals surface area contributed by atoms with Crippen LogP contribution in [0.15, 0.2) is 35.7 Å². The van der Waals surface area contributed by atoms with Crippen molar-refractivity contribution in [3.05, 3.63) is 61.8 Å². The zero-order valence-corrected chi connectivity index (χ0v) is 13.3. The number of nitro benzene ring substituents is 1. The lowest BCUT2D eigenvalue weighted by Crippen LogP contribution is -2.29. The van der Waals surface area contributed by atoms with E-state index in [1.165, 1.54) is 11.3 Å². The fraction of sp³-hybridized carbons (Fsp3) is 0.250. The third-order valence-electron chi connectivity index (χ3n) is 3.87. The Morgan fingerprint density at radius 1 is 1.29 bits per heavy atom. The summed E-state index contributed by atoms with van der Waals surface area (Å²) in [5.74, 6) is -1.47. The summed E-state index contributed by atoms with van der Waals surface area (Å²) >= 11 is 1.54. The third-order valence-corrected chi connectivity index (χ3v) is 4.82. The minimum absolute atomic E-state index is 0.0243. The van der Waals surface area contributed by atoms with Crippen molar-refractivity contribution in [2.45, 2.75) is 18.9 Å². The quantitative estimate of drug-likeness (QED) is 0.616. The molecule has 0 saturated heterocycles. The number of amides is 1. The maximum Gasteiger partial charge on any atom is 0.335 e. The van der Waals surface area contributed by atoms with Crippen LogP contribution in [-0.4, -0.2) is 21.9 Å². The number of carboxylic acids is 1. The van der Waals surface area contributed by atoms with Gasteiger partial charge in [0.1, 0.15) is 0 Å². The van der Waals surface area contributed by atoms with Crippen molar-refractivity contribution in [1.29, 1.82) is 0 Å². The van der Waals surface area contributed by atoms with Crippen molar-refractivity contribution in [2.75, 3.05) is 0 Å². The minimum Gasteiger partial charge on any atom is -0.478 e. The number of nitrogens with zero attached hydrogens (tertiary/aromatic N) is 1. The number of hydrogen-bond donors (Lipinski definition) is 2. The van der Waals surface area contributed by atoms with E-state index in [0.29, 0.717) is 5.92 Å². The Kier molecular flexibility index (Phi) is 4.30. The van der Waals surface area contributed by atoms with Crippen molar-refractivity contribution in [2.24, 2.45) is 5.92 Å². The molecular formula is C16H14N2O5S. The first kappa shape index (κ1) is 16.1. The van der Waals surface area contributed by atoms with E-state index in [9.17, 15) is 19.7 Å². The second kappa shape index (κ2) is 6.40. The van der Waals surface area contributed by atoms with Crippen molar-refractivity contribution in [3.63, 3.8) is 0 Å². The average molecular weight is 346 g/mol. The minimum atomic E-state index is -1.32. The number of aromatic carboxylic acids is 1. The van der Waals surface area contributed by atoms with E-state index >= 15 is 0 Å². The van der Waals surface area contributed by atoms with E-state index < -0.39 is 22.5 Å². The summed E-state index contributed by atoms with van der Waals surface area (Å²) in [6, 6.07) is 6.88. The van der Waals surface area contributed by atoms with Crippen molar-refractivity contribution < 1.29 is 19.6 Å². The summed E-state index contributed by atoms with van der Waals surface area (Å²) in [6.45, 7) is 0. The van der Waals surface area contributed by atoms with Crippen LogP contribution in [0.3, 0.4) is 0 Å². The molecule has 0 aliphatic heterocycles. The number of nitro groups is 1. The lowest BCUT2D eigenvalue weighted by molar-refractivity contribution is -0.384. The van der Waals surface area contributed by atoms with Gasteiger partial charge in [-0.25, -0.2) is 4.79 Å². The van der Waals surface area contributed by atoms with Gasteiger partial charge in [-0.15, -0.1) is 11.3 Å². The predicted octanol–water partition coefficient (Wildman–Crippen LogP) is 3.24. The van der Waals surface area contributed by atoms with E-state index in [0.717, 1.165) is 35.9 Å². The maximum atomic E-state index is 12.5. The molecule has 1 aromatic carbocycles. The van der Waals surface area contributed by atoms with Gasteiger partial charge in [-0.05, 0) is 36.3 Å². The fourth-order valence-corrected chi connectivity index (χ4v) is 3.38. The first-order valence-electron chi connectivity index (χ1n) is 7.33. The molecule has 3 rings (SSSR count). The molecule has 1 aromatic heterocycles. The van der Waals surface area contributed by atoms with Gasteiger partial charge in [0, 0.05) is 22.6 Å². The largest absolute Gasteiger partial charge is 0.478 e. The Hall–Kier alpha value is -2.74. The standard InChI is InChI=1S/C16H14N2O5S/c19-15(17-14(9-3-4-9)13-2-1-5-24-13)10-6-11(16(20)21)8-12(7-10)18(22)23/h1-2,5-9,14H,3-4H2,(H,17,19)(H,20,21). The highest BCUT2D eigenvalue weighted by molar-refractivity contribution is 7.10. The molecule has 1 saturated carbocycles. The van der Waals surface area contributed by atoms with Gasteiger partial charge in [-0.3, -0.25) is 14.9 Å². The Balaban J connectivity index is 1.88. The maximum absolute atomic E-state index is 12.5. The van der Waals surface area contributed by atoms with E-state index in [4.69, 9.17) is 5.11 Å². The first-order chi connectivity index (χ1) is 11.5. The SMILES string of the molecule is O=C(O)c1cc(C(=O)NC(c2cccs2)C2CC2)cc([N+](=O)[O-])c1. The number of thiophene rings is 1. The summed E-state index contributed by atoms with van der Waals surface area (Å²) in [7, 11) is 0. The summed E-state index contributed by atoms with van der Waals surface area (Å²) in [4.78, 5) is 34.9. The molecule has 1 unspecified atom stereocenters. The molecule has 1 aliphatic carbocycles. The van der Waals surface area contributed by atoms with Crippen LogP contribution < -0.4 is 5.32 Å². The number of non-ortho nitro benzene ring substituents is 1. The van der Waals surface area contributed by atoms with Crippen molar-refractivity contribution in [1.82, 2.24) is 5.32 Å². The molecule has 1 amide bonds. The molecule has 0 bridgehead atoms. The molecular weight excluding hydrogens is 332 g/mol. The Morgan fingerprint density at radius 3 is 2.54 bits per heavy atom. The van der Waals surface area contributed by atoms with Crippen LogP contribution in [0, 0.1) is 16.0 Å². The number of carbonyl (C=O) groups is 2. The topological polar surface area (TPSA) is 110 Å². The molecule has 1 heterocycles. The second-order valence-electron chi connectivity index (χ2n) is 5.63. The fourth-order valence-electron chi connectivity index (χ4n) is 2.51. The van der Waals surface area contributed by atoms with Crippen LogP contribution in [0.1, 0.15) is 44.5 Å². The van der Waals surface area contributed by atoms with Gasteiger partial charge in [0.05, 0.1) is 16.5 Å². The highest BCUT2D eigenvalue weighted by Crippen LogP contribution is 2.42. The van der Waals surface area contributed by atoms with Crippen LogP contribution >= 0.6 is 11.3 Å². The average Bonchev–Trinajstić information content (AvgIpc) is 3.25. The number of carbonyl (C=O) groups excluding carboxylic acids is 1. The summed E-state index contributed by atoms with van der Waals surface area (Å²) < 4.78 is 0. The Labute approximate surface area is 141 Å². The zero-order chi connectivity index (χ0) is 17.3. The molecule has 0 spiro atoms. The Bertz CT molecular complexity index is 767. The zero-order valence-electron chi connectivity index (χ0n) is 12.5. The van der Waals surface area contributed by atoms with Gasteiger partial charge in [-0.2, -0.15) is 0 Å². The third kappa shape index (κ3) is 3.43. The predicted molar refractivity (Wildman–Crippen MR) is 87.3 cm³/mol. The van der Waals surface area contributed by atoms with Crippen LogP contribution in [0.2, 0.25) is 0 Å². The number of hydrogen-bond acceptors (Lipinski definition) is 5. The normalized spacial score (nSPS) is 14.8. The smallest absolute Gasteiger partial charge is 0.335 e. The van der Waals surface area contributed by atoms with Crippen LogP contribution in [0.25, 0.3) is 0 Å². The second-order valence-corrected chi connectivity index (χ2v) is 6.61. The highest BCUT2D eigenvalue weighted by Gasteiger charge is 2.34. The lowest BCUT2D eigenvalue weighted by atomic mass is 10.1. The van der Waals surface area contributed by atoms with Gasteiger partial charge >= 0.3 is 5.97 Å². The van der Waals surface area contributed by atoms with E-state index in [2.05, 4.69) is 5.32 Å². The molecule has 1 fully saturated rings. The van der Waals surface area contributed by atoms with Gasteiger partial charge < -0.3 is 10.4 Å². The molecule has 2 aromatic rings. The van der Waals surface area contributed by atoms with Crippen LogP contribution in [0.5, 0.6) is 0 Å². The number of carboxylic acid groups (broad SMARTS) is 1. The Morgan fingerprint density at radius 2 is 2.00 bits per heavy atom. The molecule has 0 radical (unpaired) electrons. The molecule has 124 valence electrons. The van der Waals surface area contributed by atoms with Gasteiger partial charge in [0.25, 0.3) is 11.6 Å². The van der Waals surface area contributed by atoms with Gasteiger partial charge in [0.15, 0.2) is 0 Å². The molecule has 1 aliphatic rings. The summed E-state index contributed by atoms with van der Waals surface area (Å²) in [5, 5.41) is 24.8. The molecule has 24 heavy (non-hydrogen) atoms. The van der Waals surface area contributed by atoms with Gasteiger partial charge in [-0.1, -0.05) is 6.07 Å². The van der Waals surface area contributed by atoms with Crippen LogP contribution in [-0.2, 0) is 0 Å². The molecule has 2 N–H and O–H groups in total. The molecule has 8 heteroatoms. The number of rotatable bonds is 6. The van der Waals surface area contributed by atoms with E-state index in [1.54, 1.807) is 0 Å². The number of nitrogens with one attached hydrogen (secondary N) is 1. The summed E-state index contributed by atoms with van der Waals surface area (Å²) in [6.07, 6.45) is 2.02. The highest BCUT2D eigenvalue weighted by atomic mass is 32.1. The van der Waals surface area contributed by atoms with E-state index in [1.807, 2.05) is 17.5 Å². The molecule has 7 nitrogen and oxygen atoms in total. The summed E-state index contributed by atoms with van der Waals surface area (Å²) in [5.41, 5.74) is -0.726.